The molecule has 0 unspecified atom stereocenters. The van der Waals surface area contributed by atoms with E-state index in [0.29, 0.717) is 18.6 Å². The van der Waals surface area contributed by atoms with E-state index in [0.717, 1.165) is 5.75 Å². The number of rotatable bonds is 10. The summed E-state index contributed by atoms with van der Waals surface area (Å²) in [5.74, 6) is 0.392. The van der Waals surface area contributed by atoms with Crippen molar-refractivity contribution in [1.82, 2.24) is 5.32 Å². The third kappa shape index (κ3) is 7.67. The lowest BCUT2D eigenvalue weighted by Crippen LogP contribution is -2.67. The molecule has 228 valence electrons. The van der Waals surface area contributed by atoms with Crippen molar-refractivity contribution < 1.29 is 18.8 Å². The predicted molar refractivity (Wildman–Crippen MR) is 185 cm³/mol. The lowest BCUT2D eigenvalue weighted by molar-refractivity contribution is 0.0777. The van der Waals surface area contributed by atoms with Crippen LogP contribution < -0.4 is 15.7 Å². The Hall–Kier alpha value is -3.30. The molecule has 0 saturated carbocycles. The number of amides is 2. The summed E-state index contributed by atoms with van der Waals surface area (Å²) in [6.07, 6.45) is -0.465. The molecule has 1 aliphatic heterocycles. The van der Waals surface area contributed by atoms with Gasteiger partial charge in [0.1, 0.15) is 6.10 Å². The molecule has 4 aromatic carbocycles. The molecule has 4 aromatic rings. The Morgan fingerprint density at radius 3 is 1.89 bits per heavy atom. The highest BCUT2D eigenvalue weighted by Crippen LogP contribution is 2.44. The molecule has 1 fully saturated rings. The SMILES string of the molecule is CC(C)(C)[Si](OC[C@H]1S[C@@H](SCc2ccccc2)C[C@@H]1OC(=O)NC(=O)c1ccccc1)(c1ccccc1)c1ccccc1. The Kier molecular flexibility index (Phi) is 10.7. The van der Waals surface area contributed by atoms with Gasteiger partial charge in [-0.3, -0.25) is 10.1 Å². The van der Waals surface area contributed by atoms with Crippen LogP contribution in [-0.4, -0.2) is 42.9 Å². The third-order valence-electron chi connectivity index (χ3n) is 7.84. The topological polar surface area (TPSA) is 64.6 Å². The average molecular weight is 642 g/mol. The Balaban J connectivity index is 1.38. The Labute approximate surface area is 270 Å². The van der Waals surface area contributed by atoms with Crippen LogP contribution in [0.2, 0.25) is 5.04 Å². The second-order valence-corrected chi connectivity index (χ2v) is 19.1. The molecule has 5 nitrogen and oxygen atoms in total. The molecule has 0 aromatic heterocycles. The summed E-state index contributed by atoms with van der Waals surface area (Å²) in [6, 6.07) is 40.2. The molecule has 1 heterocycles. The number of thioether (sulfide) groups is 2. The number of imide groups is 1. The maximum absolute atomic E-state index is 13.0. The third-order valence-corrected chi connectivity index (χ3v) is 15.9. The smallest absolute Gasteiger partial charge is 0.414 e. The fourth-order valence-corrected chi connectivity index (χ4v) is 13.4. The number of carbonyl (C=O) groups is 2. The fourth-order valence-electron chi connectivity index (χ4n) is 5.71. The molecular formula is C36H39NO4S2Si. The maximum Gasteiger partial charge on any atom is 0.414 e. The molecule has 5 rings (SSSR count). The first-order valence-electron chi connectivity index (χ1n) is 14.9. The van der Waals surface area contributed by atoms with Crippen molar-refractivity contribution >= 4 is 54.2 Å². The van der Waals surface area contributed by atoms with Gasteiger partial charge in [-0.15, -0.1) is 23.5 Å². The van der Waals surface area contributed by atoms with Crippen molar-refractivity contribution in [3.05, 3.63) is 132 Å². The summed E-state index contributed by atoms with van der Waals surface area (Å²) >= 11 is 3.66. The summed E-state index contributed by atoms with van der Waals surface area (Å²) < 4.78 is 13.5. The molecule has 1 N–H and O–H groups in total. The first kappa shape index (κ1) is 32.1. The van der Waals surface area contributed by atoms with Crippen molar-refractivity contribution in [2.45, 2.75) is 53.9 Å². The van der Waals surface area contributed by atoms with Gasteiger partial charge in [0.2, 0.25) is 0 Å². The van der Waals surface area contributed by atoms with Gasteiger partial charge in [-0.05, 0) is 33.1 Å². The number of ether oxygens (including phenoxy) is 1. The molecule has 2 amide bonds. The first-order chi connectivity index (χ1) is 21.3. The van der Waals surface area contributed by atoms with Crippen LogP contribution in [0.1, 0.15) is 43.1 Å². The van der Waals surface area contributed by atoms with Gasteiger partial charge in [-0.2, -0.15) is 0 Å². The zero-order valence-electron chi connectivity index (χ0n) is 25.3. The van der Waals surface area contributed by atoms with Crippen LogP contribution >= 0.6 is 23.5 Å². The molecule has 0 radical (unpaired) electrons. The van der Waals surface area contributed by atoms with Crippen LogP contribution in [-0.2, 0) is 14.9 Å². The van der Waals surface area contributed by atoms with Gasteiger partial charge in [0.15, 0.2) is 0 Å². The highest BCUT2D eigenvalue weighted by molar-refractivity contribution is 8.17. The number of carbonyl (C=O) groups excluding carboxylic acids is 2. The second-order valence-electron chi connectivity index (χ2n) is 11.9. The number of hydrogen-bond donors (Lipinski definition) is 1. The van der Waals surface area contributed by atoms with Crippen molar-refractivity contribution in [3.8, 4) is 0 Å². The van der Waals surface area contributed by atoms with Crippen molar-refractivity contribution in [1.29, 1.82) is 0 Å². The van der Waals surface area contributed by atoms with Crippen LogP contribution in [0, 0.1) is 0 Å². The van der Waals surface area contributed by atoms with Crippen LogP contribution in [0.5, 0.6) is 0 Å². The van der Waals surface area contributed by atoms with E-state index < -0.39 is 26.4 Å². The molecule has 3 atom stereocenters. The number of hydrogen-bond acceptors (Lipinski definition) is 6. The first-order valence-corrected chi connectivity index (χ1v) is 18.8. The summed E-state index contributed by atoms with van der Waals surface area (Å²) in [5.41, 5.74) is 1.67. The zero-order valence-corrected chi connectivity index (χ0v) is 28.0. The van der Waals surface area contributed by atoms with Crippen LogP contribution in [0.15, 0.2) is 121 Å². The van der Waals surface area contributed by atoms with Gasteiger partial charge in [-0.1, -0.05) is 130 Å². The van der Waals surface area contributed by atoms with Crippen molar-refractivity contribution in [2.24, 2.45) is 0 Å². The van der Waals surface area contributed by atoms with Gasteiger partial charge in [-0.25, -0.2) is 4.79 Å². The molecular weight excluding hydrogens is 603 g/mol. The summed E-state index contributed by atoms with van der Waals surface area (Å²) in [7, 11) is -2.78. The van der Waals surface area contributed by atoms with Crippen molar-refractivity contribution in [2.75, 3.05) is 6.61 Å². The normalized spacial score (nSPS) is 18.5. The van der Waals surface area contributed by atoms with Gasteiger partial charge in [0.05, 0.1) is 16.4 Å². The summed E-state index contributed by atoms with van der Waals surface area (Å²) in [5, 5.41) is 4.57. The average Bonchev–Trinajstić information content (AvgIpc) is 3.42. The second kappa shape index (κ2) is 14.7. The summed E-state index contributed by atoms with van der Waals surface area (Å²) in [6.45, 7) is 7.20. The lowest BCUT2D eigenvalue weighted by Gasteiger charge is -2.43. The largest absolute Gasteiger partial charge is 0.445 e. The Morgan fingerprint density at radius 2 is 1.34 bits per heavy atom. The van der Waals surface area contributed by atoms with Crippen LogP contribution in [0.3, 0.4) is 0 Å². The number of nitrogens with one attached hydrogen (secondary N) is 1. The monoisotopic (exact) mass is 641 g/mol. The molecule has 0 bridgehead atoms. The van der Waals surface area contributed by atoms with E-state index in [1.54, 1.807) is 24.3 Å². The van der Waals surface area contributed by atoms with Crippen LogP contribution in [0.4, 0.5) is 4.79 Å². The van der Waals surface area contributed by atoms with E-state index in [2.05, 4.69) is 98.9 Å². The fraction of sp³-hybridized carbons (Fsp3) is 0.278. The van der Waals surface area contributed by atoms with Gasteiger partial charge < -0.3 is 9.16 Å². The molecule has 44 heavy (non-hydrogen) atoms. The molecule has 1 aliphatic rings. The number of benzene rings is 4. The minimum absolute atomic E-state index is 0.0949. The molecule has 0 aliphatic carbocycles. The summed E-state index contributed by atoms with van der Waals surface area (Å²) in [4.78, 5) is 25.7. The molecule has 8 heteroatoms. The highest BCUT2D eigenvalue weighted by Gasteiger charge is 2.51. The van der Waals surface area contributed by atoms with E-state index in [-0.39, 0.29) is 14.9 Å². The van der Waals surface area contributed by atoms with Gasteiger partial charge in [0, 0.05) is 17.7 Å². The maximum atomic E-state index is 13.0. The quantitative estimate of drug-likeness (QED) is 0.184. The van der Waals surface area contributed by atoms with E-state index in [1.165, 1.54) is 15.9 Å². The Morgan fingerprint density at radius 1 is 0.818 bits per heavy atom. The zero-order chi connectivity index (χ0) is 31.0. The minimum Gasteiger partial charge on any atom is -0.445 e. The van der Waals surface area contributed by atoms with E-state index in [1.807, 2.05) is 47.8 Å². The lowest BCUT2D eigenvalue weighted by atomic mass is 10.2. The molecule has 1 saturated heterocycles. The van der Waals surface area contributed by atoms with Crippen molar-refractivity contribution in [3.63, 3.8) is 0 Å². The Bertz CT molecular complexity index is 1460. The minimum atomic E-state index is -2.78. The number of alkyl carbamates (subject to hydrolysis) is 1. The van der Waals surface area contributed by atoms with E-state index >= 15 is 0 Å². The molecule has 0 spiro atoms. The predicted octanol–water partition coefficient (Wildman–Crippen LogP) is 7.26. The van der Waals surface area contributed by atoms with Crippen LogP contribution in [0.25, 0.3) is 0 Å². The van der Waals surface area contributed by atoms with Gasteiger partial charge in [0.25, 0.3) is 14.2 Å². The highest BCUT2D eigenvalue weighted by atomic mass is 32.2. The van der Waals surface area contributed by atoms with Gasteiger partial charge >= 0.3 is 6.09 Å². The standard InChI is InChI=1S/C36H39NO4S2Si/c1-36(2,3)44(29-20-12-6-13-21-29,30-22-14-7-15-23-30)40-25-32-31(24-33(43-32)42-26-27-16-8-4-9-17-27)41-35(39)37-34(38)28-18-10-5-11-19-28/h4-23,31-33H,24-26H2,1-3H3,(H,37,38,39)/t31-,32+,33+/m0/s1. The van der Waals surface area contributed by atoms with E-state index in [4.69, 9.17) is 9.16 Å². The van der Waals surface area contributed by atoms with E-state index in [9.17, 15) is 9.59 Å².